The first-order chi connectivity index (χ1) is 17.7. The topological polar surface area (TPSA) is 115 Å². The van der Waals surface area contributed by atoms with E-state index in [1.165, 1.54) is 6.07 Å². The van der Waals surface area contributed by atoms with Crippen molar-refractivity contribution in [2.24, 2.45) is 5.92 Å². The number of aryl methyl sites for hydroxylation is 2. The van der Waals surface area contributed by atoms with E-state index < -0.39 is 35.6 Å². The minimum atomic E-state index is -1.05. The average molecular weight is 511 g/mol. The molecule has 1 saturated heterocycles. The van der Waals surface area contributed by atoms with Crippen molar-refractivity contribution in [3.8, 4) is 11.8 Å². The number of amides is 2. The maximum absolute atomic E-state index is 13.5. The van der Waals surface area contributed by atoms with Crippen LogP contribution in [-0.2, 0) is 9.59 Å². The van der Waals surface area contributed by atoms with Crippen molar-refractivity contribution in [1.82, 2.24) is 15.7 Å². The fraction of sp³-hybridized carbons (Fsp3) is 0.370. The monoisotopic (exact) mass is 510 g/mol. The SMILES string of the molecule is Cc1cc(C2=CCN(C(=O)[C@H]3NC[C@@H](Oc4ccc(F)c(F)c4)C[C@@H]3C(=O)NO)CC2)cc(C)c1C#N. The molecule has 3 atom stereocenters. The number of carbonyl (C=O) groups excluding carboxylic acids is 2. The van der Waals surface area contributed by atoms with Gasteiger partial charge < -0.3 is 15.0 Å². The van der Waals surface area contributed by atoms with Crippen LogP contribution in [0.2, 0.25) is 0 Å². The summed E-state index contributed by atoms with van der Waals surface area (Å²) in [5.74, 6) is -3.90. The predicted molar refractivity (Wildman–Crippen MR) is 130 cm³/mol. The van der Waals surface area contributed by atoms with E-state index in [1.807, 2.05) is 32.1 Å². The molecule has 2 aliphatic heterocycles. The van der Waals surface area contributed by atoms with Gasteiger partial charge >= 0.3 is 0 Å². The van der Waals surface area contributed by atoms with Gasteiger partial charge in [0.25, 0.3) is 0 Å². The minimum Gasteiger partial charge on any atom is -0.489 e. The van der Waals surface area contributed by atoms with Gasteiger partial charge in [-0.3, -0.25) is 14.8 Å². The number of hydrogen-bond acceptors (Lipinski definition) is 6. The Balaban J connectivity index is 1.44. The second-order valence-electron chi connectivity index (χ2n) is 9.38. The van der Waals surface area contributed by atoms with Gasteiger partial charge in [0.1, 0.15) is 11.9 Å². The highest BCUT2D eigenvalue weighted by atomic mass is 19.2. The molecule has 10 heteroatoms. The van der Waals surface area contributed by atoms with Crippen LogP contribution in [0.5, 0.6) is 5.75 Å². The van der Waals surface area contributed by atoms with Gasteiger partial charge in [-0.2, -0.15) is 5.26 Å². The number of benzene rings is 2. The van der Waals surface area contributed by atoms with Gasteiger partial charge in [0, 0.05) is 25.7 Å². The maximum atomic E-state index is 13.5. The van der Waals surface area contributed by atoms with Crippen LogP contribution >= 0.6 is 0 Å². The quantitative estimate of drug-likeness (QED) is 0.421. The number of carbonyl (C=O) groups is 2. The molecule has 2 amide bonds. The third kappa shape index (κ3) is 5.63. The smallest absolute Gasteiger partial charge is 0.248 e. The second kappa shape index (κ2) is 11.1. The second-order valence-corrected chi connectivity index (χ2v) is 9.38. The summed E-state index contributed by atoms with van der Waals surface area (Å²) in [4.78, 5) is 27.5. The minimum absolute atomic E-state index is 0.0908. The fourth-order valence-electron chi connectivity index (χ4n) is 4.99. The number of nitriles is 1. The van der Waals surface area contributed by atoms with E-state index >= 15 is 0 Å². The lowest BCUT2D eigenvalue weighted by Gasteiger charge is -2.38. The van der Waals surface area contributed by atoms with Gasteiger partial charge in [0.15, 0.2) is 11.6 Å². The molecule has 0 bridgehead atoms. The molecule has 1 fully saturated rings. The van der Waals surface area contributed by atoms with Crippen LogP contribution in [0.4, 0.5) is 8.78 Å². The van der Waals surface area contributed by atoms with Crippen molar-refractivity contribution in [3.63, 3.8) is 0 Å². The van der Waals surface area contributed by atoms with Crippen LogP contribution < -0.4 is 15.5 Å². The summed E-state index contributed by atoms with van der Waals surface area (Å²) >= 11 is 0. The zero-order valence-electron chi connectivity index (χ0n) is 20.6. The molecule has 3 N–H and O–H groups in total. The van der Waals surface area contributed by atoms with E-state index in [0.29, 0.717) is 25.1 Å². The lowest BCUT2D eigenvalue weighted by Crippen LogP contribution is -2.60. The van der Waals surface area contributed by atoms with Crippen LogP contribution in [0.25, 0.3) is 5.57 Å². The number of rotatable bonds is 5. The molecule has 0 radical (unpaired) electrons. The Morgan fingerprint density at radius 2 is 1.92 bits per heavy atom. The summed E-state index contributed by atoms with van der Waals surface area (Å²) in [6.07, 6.45) is 2.07. The zero-order chi connectivity index (χ0) is 26.7. The van der Waals surface area contributed by atoms with Crippen LogP contribution in [0, 0.1) is 42.7 Å². The average Bonchev–Trinajstić information content (AvgIpc) is 2.90. The molecule has 4 rings (SSSR count). The molecule has 8 nitrogen and oxygen atoms in total. The van der Waals surface area contributed by atoms with Crippen LogP contribution in [0.3, 0.4) is 0 Å². The zero-order valence-corrected chi connectivity index (χ0v) is 20.6. The number of hydroxylamine groups is 1. The highest BCUT2D eigenvalue weighted by Gasteiger charge is 2.42. The van der Waals surface area contributed by atoms with Crippen molar-refractivity contribution in [3.05, 3.63) is 70.3 Å². The fourth-order valence-corrected chi connectivity index (χ4v) is 4.99. The van der Waals surface area contributed by atoms with Crippen LogP contribution in [0.15, 0.2) is 36.4 Å². The first kappa shape index (κ1) is 26.3. The van der Waals surface area contributed by atoms with Crippen LogP contribution in [-0.4, -0.2) is 53.7 Å². The first-order valence-electron chi connectivity index (χ1n) is 12.0. The molecule has 0 saturated carbocycles. The Kier molecular flexibility index (Phi) is 7.86. The number of halogens is 2. The van der Waals surface area contributed by atoms with E-state index in [2.05, 4.69) is 11.4 Å². The Bertz CT molecular complexity index is 1270. The van der Waals surface area contributed by atoms with Gasteiger partial charge in [0.05, 0.1) is 23.6 Å². The molecular weight excluding hydrogens is 482 g/mol. The highest BCUT2D eigenvalue weighted by Crippen LogP contribution is 2.29. The molecule has 194 valence electrons. The van der Waals surface area contributed by atoms with Gasteiger partial charge in [0.2, 0.25) is 11.8 Å². The molecule has 37 heavy (non-hydrogen) atoms. The Morgan fingerprint density at radius 1 is 1.19 bits per heavy atom. The normalized spacial score (nSPS) is 21.6. The van der Waals surface area contributed by atoms with E-state index in [9.17, 15) is 28.8 Å². The van der Waals surface area contributed by atoms with Gasteiger partial charge in [-0.15, -0.1) is 0 Å². The lowest BCUT2D eigenvalue weighted by molar-refractivity contribution is -0.145. The summed E-state index contributed by atoms with van der Waals surface area (Å²) in [7, 11) is 0. The maximum Gasteiger partial charge on any atom is 0.248 e. The van der Waals surface area contributed by atoms with E-state index in [0.717, 1.165) is 34.4 Å². The Morgan fingerprint density at radius 3 is 2.51 bits per heavy atom. The molecule has 2 aromatic carbocycles. The number of piperidine rings is 1. The van der Waals surface area contributed by atoms with Crippen molar-refractivity contribution >= 4 is 17.4 Å². The summed E-state index contributed by atoms with van der Waals surface area (Å²) in [6.45, 7) is 4.80. The number of hydrogen-bond donors (Lipinski definition) is 3. The number of nitrogens with zero attached hydrogens (tertiary/aromatic N) is 2. The van der Waals surface area contributed by atoms with Gasteiger partial charge in [-0.25, -0.2) is 14.3 Å². The molecule has 0 spiro atoms. The first-order valence-corrected chi connectivity index (χ1v) is 12.0. The summed E-state index contributed by atoms with van der Waals surface area (Å²) in [6, 6.07) is 8.44. The van der Waals surface area contributed by atoms with E-state index in [4.69, 9.17) is 4.74 Å². The molecule has 2 heterocycles. The third-order valence-corrected chi connectivity index (χ3v) is 6.93. The summed E-state index contributed by atoms with van der Waals surface area (Å²) in [5.41, 5.74) is 6.20. The Hall–Kier alpha value is -3.81. The van der Waals surface area contributed by atoms with Crippen molar-refractivity contribution in [1.29, 1.82) is 5.26 Å². The predicted octanol–water partition coefficient (Wildman–Crippen LogP) is 3.00. The number of ether oxygens (including phenoxy) is 1. The summed E-state index contributed by atoms with van der Waals surface area (Å²) < 4.78 is 32.5. The van der Waals surface area contributed by atoms with Crippen molar-refractivity contribution in [2.75, 3.05) is 19.6 Å². The molecular formula is C27H28F2N4O4. The molecule has 0 aliphatic carbocycles. The van der Waals surface area contributed by atoms with Crippen LogP contribution in [0.1, 0.15) is 35.1 Å². The Labute approximate surface area is 213 Å². The third-order valence-electron chi connectivity index (χ3n) is 6.93. The van der Waals surface area contributed by atoms with Gasteiger partial charge in [-0.05, 0) is 61.1 Å². The molecule has 0 aromatic heterocycles. The number of nitrogens with one attached hydrogen (secondary N) is 2. The van der Waals surface area contributed by atoms with Gasteiger partial charge in [-0.1, -0.05) is 18.2 Å². The molecule has 2 aliphatic rings. The largest absolute Gasteiger partial charge is 0.489 e. The van der Waals surface area contributed by atoms with Crippen molar-refractivity contribution < 1.29 is 28.3 Å². The lowest BCUT2D eigenvalue weighted by atomic mass is 9.87. The van der Waals surface area contributed by atoms with Crippen molar-refractivity contribution in [2.45, 2.75) is 38.8 Å². The molecule has 0 unspecified atom stereocenters. The standard InChI is InChI=1S/C27H28F2N4O4/c1-15-9-18(10-16(2)22(15)13-30)17-5-7-33(8-6-17)27(35)25-21(26(34)32-36)11-20(14-31-25)37-19-3-4-23(28)24(29)12-19/h3-5,9-10,12,20-21,25,31,36H,6-8,11,14H2,1-2H3,(H,32,34)/t20-,21-,25-/m0/s1. The van der Waals surface area contributed by atoms with E-state index in [1.54, 1.807) is 10.4 Å². The molecule has 2 aromatic rings. The highest BCUT2D eigenvalue weighted by molar-refractivity contribution is 5.90. The summed E-state index contributed by atoms with van der Waals surface area (Å²) in [5, 5.41) is 21.6. The van der Waals surface area contributed by atoms with E-state index in [-0.39, 0.29) is 24.6 Å².